The highest BCUT2D eigenvalue weighted by Crippen LogP contribution is 2.28. The Morgan fingerprint density at radius 2 is 0.854 bits per heavy atom. The molecular formula is C58H79F4N7O13. The van der Waals surface area contributed by atoms with Crippen LogP contribution in [-0.2, 0) is 70.4 Å². The molecule has 20 nitrogen and oxygen atoms in total. The quantitative estimate of drug-likeness (QED) is 0.0489. The van der Waals surface area contributed by atoms with E-state index >= 15 is 8.78 Å². The maximum Gasteiger partial charge on any atom is 0.364 e. The fourth-order valence-electron chi connectivity index (χ4n) is 9.34. The van der Waals surface area contributed by atoms with Gasteiger partial charge in [-0.1, -0.05) is 116 Å². The fourth-order valence-corrected chi connectivity index (χ4v) is 9.34. The summed E-state index contributed by atoms with van der Waals surface area (Å²) in [5.74, 6) is -23.7. The van der Waals surface area contributed by atoms with Crippen LogP contribution in [-0.4, -0.2) is 153 Å². The van der Waals surface area contributed by atoms with Gasteiger partial charge in [0.25, 0.3) is 0 Å². The minimum atomic E-state index is -4.32. The number of carboxylic acids is 1. The molecule has 0 aromatic heterocycles. The van der Waals surface area contributed by atoms with E-state index in [1.807, 2.05) is 0 Å². The lowest BCUT2D eigenvalue weighted by Gasteiger charge is -2.32. The van der Waals surface area contributed by atoms with E-state index in [9.17, 15) is 66.3 Å². The van der Waals surface area contributed by atoms with Crippen LogP contribution in [0, 0.1) is 23.7 Å². The molecule has 24 heteroatoms. The van der Waals surface area contributed by atoms with Gasteiger partial charge in [-0.3, -0.25) is 57.5 Å². The van der Waals surface area contributed by atoms with Gasteiger partial charge in [-0.05, 0) is 80.2 Å². The van der Waals surface area contributed by atoms with Crippen molar-refractivity contribution in [1.29, 1.82) is 0 Å². The predicted octanol–water partition coefficient (Wildman–Crippen LogP) is 4.33. The Kier molecular flexibility index (Phi) is 26.6. The lowest BCUT2D eigenvalue weighted by atomic mass is 9.91. The minimum Gasteiger partial charge on any atom is -0.481 e. The summed E-state index contributed by atoms with van der Waals surface area (Å²) < 4.78 is 60.0. The molecule has 6 atom stereocenters. The largest absolute Gasteiger partial charge is 0.481 e. The van der Waals surface area contributed by atoms with Gasteiger partial charge >= 0.3 is 17.8 Å². The molecule has 2 saturated heterocycles. The predicted molar refractivity (Wildman–Crippen MR) is 292 cm³/mol. The molecule has 0 bridgehead atoms. The van der Waals surface area contributed by atoms with E-state index in [1.54, 1.807) is 95.3 Å². The van der Waals surface area contributed by atoms with Crippen LogP contribution in [0.5, 0.6) is 0 Å². The molecule has 2 heterocycles. The third-order valence-corrected chi connectivity index (χ3v) is 14.0. The van der Waals surface area contributed by atoms with E-state index < -0.39 is 162 Å². The van der Waals surface area contributed by atoms with Crippen LogP contribution in [0.4, 0.5) is 17.6 Å². The summed E-state index contributed by atoms with van der Waals surface area (Å²) in [6.07, 6.45) is -1.08. The number of nitrogens with zero attached hydrogens (tertiary/aromatic N) is 2. The van der Waals surface area contributed by atoms with Crippen LogP contribution in [0.25, 0.3) is 0 Å². The van der Waals surface area contributed by atoms with E-state index in [0.717, 1.165) is 0 Å². The third kappa shape index (κ3) is 19.7. The van der Waals surface area contributed by atoms with Crippen LogP contribution in [0.3, 0.4) is 0 Å². The molecule has 2 aliphatic heterocycles. The van der Waals surface area contributed by atoms with Crippen molar-refractivity contribution in [2.24, 2.45) is 23.7 Å². The zero-order valence-corrected chi connectivity index (χ0v) is 48.0. The molecule has 452 valence electrons. The average molecular weight is 1160 g/mol. The third-order valence-electron chi connectivity index (χ3n) is 14.0. The van der Waals surface area contributed by atoms with Gasteiger partial charge in [0.15, 0.2) is 0 Å². The van der Waals surface area contributed by atoms with Crippen LogP contribution >= 0.6 is 0 Å². The number of carbonyl (C=O) groups is 12. The Hall–Kier alpha value is -7.40. The smallest absolute Gasteiger partial charge is 0.364 e. The maximum atomic E-state index is 15.0. The number of benzene rings is 2. The number of hydrogen-bond acceptors (Lipinski definition) is 12. The molecule has 0 radical (unpaired) electrons. The Balaban J connectivity index is 0.000000431. The Morgan fingerprint density at radius 3 is 1.17 bits per heavy atom. The molecule has 2 aromatic carbocycles. The van der Waals surface area contributed by atoms with Crippen molar-refractivity contribution < 1.29 is 80.2 Å². The van der Waals surface area contributed by atoms with Crippen molar-refractivity contribution in [3.05, 3.63) is 71.8 Å². The zero-order chi connectivity index (χ0) is 61.8. The lowest BCUT2D eigenvalue weighted by molar-refractivity contribution is -0.160. The zero-order valence-electron chi connectivity index (χ0n) is 48.0. The molecule has 0 aliphatic carbocycles. The maximum absolute atomic E-state index is 15.0. The number of carbonyl (C=O) groups excluding carboxylic acids is 11. The first-order valence-corrected chi connectivity index (χ1v) is 27.6. The number of aliphatic carboxylic acids is 1. The van der Waals surface area contributed by atoms with Crippen LogP contribution < -0.4 is 26.6 Å². The van der Waals surface area contributed by atoms with Gasteiger partial charge in [0, 0.05) is 32.5 Å². The summed E-state index contributed by atoms with van der Waals surface area (Å²) >= 11 is 0. The normalized spacial score (nSPS) is 16.7. The van der Waals surface area contributed by atoms with Crippen LogP contribution in [0.1, 0.15) is 125 Å². The number of hydrogen-bond donors (Lipinski definition) is 6. The number of halogens is 4. The average Bonchev–Trinajstić information content (AvgIpc) is 4.13. The molecule has 2 aliphatic rings. The monoisotopic (exact) mass is 1160 g/mol. The van der Waals surface area contributed by atoms with E-state index in [0.29, 0.717) is 30.5 Å². The first-order chi connectivity index (χ1) is 38.4. The van der Waals surface area contributed by atoms with Crippen molar-refractivity contribution in [2.75, 3.05) is 19.6 Å². The number of carboxylic acid groups (broad SMARTS) is 1. The van der Waals surface area contributed by atoms with E-state index in [4.69, 9.17) is 5.11 Å². The van der Waals surface area contributed by atoms with E-state index in [1.165, 1.54) is 37.5 Å². The van der Waals surface area contributed by atoms with Crippen molar-refractivity contribution in [1.82, 2.24) is 36.4 Å². The topological polar surface area (TPSA) is 292 Å². The number of likely N-dealkylation sites (tertiary alicyclic amines) is 2. The second-order valence-corrected chi connectivity index (χ2v) is 21.8. The molecule has 2 unspecified atom stereocenters. The van der Waals surface area contributed by atoms with Gasteiger partial charge < -0.3 is 41.5 Å². The first kappa shape index (κ1) is 68.9. The van der Waals surface area contributed by atoms with Crippen molar-refractivity contribution in [2.45, 2.75) is 175 Å². The molecule has 2 aromatic rings. The highest BCUT2D eigenvalue weighted by atomic mass is 19.3. The summed E-state index contributed by atoms with van der Waals surface area (Å²) in [4.78, 5) is 153. The van der Waals surface area contributed by atoms with Gasteiger partial charge in [-0.15, -0.1) is 0 Å². The lowest BCUT2D eigenvalue weighted by Crippen LogP contribution is -2.59. The fraction of sp³-hybridized carbons (Fsp3) is 0.586. The molecule has 0 spiro atoms. The summed E-state index contributed by atoms with van der Waals surface area (Å²) in [6, 6.07) is 9.44. The van der Waals surface area contributed by atoms with Gasteiger partial charge in [0.05, 0.1) is 12.1 Å². The Labute approximate surface area is 475 Å². The van der Waals surface area contributed by atoms with Gasteiger partial charge in [0.2, 0.25) is 64.5 Å². The number of nitrogens with one attached hydrogen (secondary N) is 5. The number of ketones is 4. The van der Waals surface area contributed by atoms with Gasteiger partial charge in [-0.25, -0.2) is 0 Å². The highest BCUT2D eigenvalue weighted by Gasteiger charge is 2.52. The second-order valence-electron chi connectivity index (χ2n) is 21.8. The summed E-state index contributed by atoms with van der Waals surface area (Å²) in [6.45, 7) is 14.9. The number of aryl methyl sites for hydroxylation is 2. The molecule has 82 heavy (non-hydrogen) atoms. The summed E-state index contributed by atoms with van der Waals surface area (Å²) in [7, 11) is 0. The van der Waals surface area contributed by atoms with Gasteiger partial charge in [-0.2, -0.15) is 17.6 Å². The van der Waals surface area contributed by atoms with Crippen molar-refractivity contribution in [3.63, 3.8) is 0 Å². The molecule has 7 amide bonds. The molecule has 0 saturated carbocycles. The van der Waals surface area contributed by atoms with E-state index in [2.05, 4.69) is 26.6 Å². The first-order valence-electron chi connectivity index (χ1n) is 27.6. The second kappa shape index (κ2) is 31.7. The summed E-state index contributed by atoms with van der Waals surface area (Å²) in [5.41, 5.74) is 1.34. The van der Waals surface area contributed by atoms with Crippen molar-refractivity contribution in [3.8, 4) is 0 Å². The molecule has 2 fully saturated rings. The number of alkyl halides is 4. The highest BCUT2D eigenvalue weighted by molar-refractivity contribution is 6.12. The number of Topliss-reactive ketones (excluding diaryl/α,β-unsaturated/α-hetero) is 4. The molecule has 6 N–H and O–H groups in total. The van der Waals surface area contributed by atoms with Crippen LogP contribution in [0.15, 0.2) is 60.7 Å². The van der Waals surface area contributed by atoms with Crippen molar-refractivity contribution >= 4 is 70.5 Å². The molecule has 4 rings (SSSR count). The number of rotatable bonds is 29. The Bertz CT molecular complexity index is 2600. The number of amides is 7. The van der Waals surface area contributed by atoms with Crippen LogP contribution in [0.2, 0.25) is 0 Å². The van der Waals surface area contributed by atoms with Gasteiger partial charge in [0.1, 0.15) is 37.0 Å². The SMILES string of the molecule is CC(C)[C@H](NC(=O)CC(=O)O)C(=O)N1CCCC1C(=O)N[C@H](C(=O)C(F)(F)C(=O)CCc1ccccc1)C(C)C.CCNC(=O)CC(=O)N[C@H](C(=O)N1CCCC1C(=O)N[C@H](C(=O)C(F)(F)C(=O)CCc1ccccc1)C(C)C)C(C)C. The minimum absolute atomic E-state index is 0.0282. The van der Waals surface area contributed by atoms with E-state index in [-0.39, 0.29) is 44.7 Å². The Morgan fingerprint density at radius 1 is 0.512 bits per heavy atom. The summed E-state index contributed by atoms with van der Waals surface area (Å²) in [5, 5.41) is 21.0. The standard InChI is InChI=1S/C30H42F2N4O6.C28H37F2N3O7/c1-6-33-23(38)17-24(39)34-26(19(4)5)29(42)36-16-10-13-21(36)28(41)35-25(18(2)3)27(40)30(31,32)22(37)15-14-20-11-8-7-9-12-20;1-16(2)23(25(38)28(29,30)20(34)13-12-18-9-6-5-7-10-18)32-26(39)19-11-8-14-33(19)27(40)24(17(3)4)31-21(35)15-22(36)37/h7-9,11-12,18-19,21,25-26H,6,10,13-17H2,1-5H3,(H,33,38)(H,34,39)(H,35,41);5-7,9-10,16-17,19,23-24H,8,11-15H2,1-4H3,(H,31,35)(H,32,39)(H,36,37)/t21?,25-,26-;19?,23-,24-/m00/s1. The molecular weight excluding hydrogens is 1080 g/mol.